The van der Waals surface area contributed by atoms with Crippen LogP contribution in [0.25, 0.3) is 11.6 Å². The maximum atomic E-state index is 13.1. The molecule has 2 heterocycles. The number of halogens is 3. The highest BCUT2D eigenvalue weighted by Crippen LogP contribution is 2.34. The van der Waals surface area contributed by atoms with E-state index in [0.717, 1.165) is 0 Å². The van der Waals surface area contributed by atoms with Crippen LogP contribution in [0.5, 0.6) is 0 Å². The number of hydrogen-bond donors (Lipinski definition) is 1. The third-order valence-corrected chi connectivity index (χ3v) is 3.70. The van der Waals surface area contributed by atoms with Crippen LogP contribution >= 0.6 is 11.6 Å². The van der Waals surface area contributed by atoms with Crippen LogP contribution < -0.4 is 5.32 Å². The van der Waals surface area contributed by atoms with Gasteiger partial charge in [-0.2, -0.15) is 0 Å². The van der Waals surface area contributed by atoms with Crippen LogP contribution in [0, 0.1) is 0 Å². The van der Waals surface area contributed by atoms with E-state index < -0.39 is 5.92 Å². The lowest BCUT2D eigenvalue weighted by atomic mass is 9.92. The highest BCUT2D eigenvalue weighted by Gasteiger charge is 2.34. The van der Waals surface area contributed by atoms with Gasteiger partial charge in [-0.3, -0.25) is 0 Å². The Morgan fingerprint density at radius 1 is 1.29 bits per heavy atom. The van der Waals surface area contributed by atoms with Gasteiger partial charge in [0, 0.05) is 24.9 Å². The van der Waals surface area contributed by atoms with E-state index in [1.165, 1.54) is 6.26 Å². The van der Waals surface area contributed by atoms with Crippen molar-refractivity contribution in [2.75, 3.05) is 5.32 Å². The van der Waals surface area contributed by atoms with Gasteiger partial charge in [-0.1, -0.05) is 11.6 Å². The fraction of sp³-hybridized carbons (Fsp3) is 0.429. The minimum Gasteiger partial charge on any atom is -0.461 e. The number of aromatic nitrogens is 2. The molecule has 2 aromatic rings. The van der Waals surface area contributed by atoms with Gasteiger partial charge in [0.25, 0.3) is 0 Å². The molecule has 1 saturated carbocycles. The number of rotatable bonds is 3. The van der Waals surface area contributed by atoms with Crippen molar-refractivity contribution in [2.24, 2.45) is 0 Å². The summed E-state index contributed by atoms with van der Waals surface area (Å²) in [4.78, 5) is 8.41. The van der Waals surface area contributed by atoms with Gasteiger partial charge in [-0.15, -0.1) is 0 Å². The lowest BCUT2D eigenvalue weighted by Gasteiger charge is -2.29. The highest BCUT2D eigenvalue weighted by molar-refractivity contribution is 6.29. The monoisotopic (exact) mass is 313 g/mol. The van der Waals surface area contributed by atoms with Crippen molar-refractivity contribution < 1.29 is 13.2 Å². The summed E-state index contributed by atoms with van der Waals surface area (Å²) in [6.45, 7) is 0. The third kappa shape index (κ3) is 3.50. The van der Waals surface area contributed by atoms with Crippen molar-refractivity contribution in [1.82, 2.24) is 9.97 Å². The van der Waals surface area contributed by atoms with E-state index in [9.17, 15) is 8.78 Å². The van der Waals surface area contributed by atoms with Crippen LogP contribution in [-0.2, 0) is 0 Å². The standard InChI is InChI=1S/C14H14ClF2N3O/c15-11-8-12(18-9-3-5-14(16,17)6-4-9)20-13(19-11)10-2-1-7-21-10/h1-2,7-9H,3-6H2,(H,18,19,20). The molecule has 0 atom stereocenters. The zero-order chi connectivity index (χ0) is 14.9. The molecule has 2 aromatic heterocycles. The third-order valence-electron chi connectivity index (χ3n) is 3.51. The quantitative estimate of drug-likeness (QED) is 0.854. The molecule has 0 radical (unpaired) electrons. The molecule has 21 heavy (non-hydrogen) atoms. The minimum absolute atomic E-state index is 0.0277. The Labute approximate surface area is 125 Å². The van der Waals surface area contributed by atoms with E-state index in [1.54, 1.807) is 18.2 Å². The first kappa shape index (κ1) is 14.3. The first-order chi connectivity index (χ1) is 10.0. The van der Waals surface area contributed by atoms with Gasteiger partial charge in [0.2, 0.25) is 5.92 Å². The molecule has 0 saturated heterocycles. The second-order valence-corrected chi connectivity index (χ2v) is 5.54. The van der Waals surface area contributed by atoms with E-state index >= 15 is 0 Å². The first-order valence-electron chi connectivity index (χ1n) is 6.75. The Hall–Kier alpha value is -1.69. The summed E-state index contributed by atoms with van der Waals surface area (Å²) in [5.41, 5.74) is 0. The summed E-state index contributed by atoms with van der Waals surface area (Å²) in [6.07, 6.45) is 2.13. The van der Waals surface area contributed by atoms with Gasteiger partial charge >= 0.3 is 0 Å². The van der Waals surface area contributed by atoms with E-state index in [1.807, 2.05) is 0 Å². The molecule has 0 bridgehead atoms. The molecule has 1 aliphatic rings. The predicted molar refractivity (Wildman–Crippen MR) is 75.6 cm³/mol. The second-order valence-electron chi connectivity index (χ2n) is 5.15. The molecule has 0 spiro atoms. The Bertz CT molecular complexity index is 609. The van der Waals surface area contributed by atoms with Crippen molar-refractivity contribution in [2.45, 2.75) is 37.6 Å². The maximum absolute atomic E-state index is 13.1. The van der Waals surface area contributed by atoms with Gasteiger partial charge in [0.1, 0.15) is 11.0 Å². The van der Waals surface area contributed by atoms with Gasteiger partial charge < -0.3 is 9.73 Å². The second kappa shape index (κ2) is 5.60. The number of nitrogens with one attached hydrogen (secondary N) is 1. The lowest BCUT2D eigenvalue weighted by molar-refractivity contribution is -0.0361. The van der Waals surface area contributed by atoms with Crippen molar-refractivity contribution in [3.05, 3.63) is 29.6 Å². The van der Waals surface area contributed by atoms with Crippen molar-refractivity contribution in [3.8, 4) is 11.6 Å². The zero-order valence-electron chi connectivity index (χ0n) is 11.2. The maximum Gasteiger partial charge on any atom is 0.248 e. The highest BCUT2D eigenvalue weighted by atomic mass is 35.5. The minimum atomic E-state index is -2.54. The van der Waals surface area contributed by atoms with Gasteiger partial charge in [-0.25, -0.2) is 18.7 Å². The molecule has 0 aliphatic heterocycles. The molecule has 0 aromatic carbocycles. The molecule has 1 N–H and O–H groups in total. The van der Waals surface area contributed by atoms with Crippen LogP contribution in [0.15, 0.2) is 28.9 Å². The molecule has 0 amide bonds. The van der Waals surface area contributed by atoms with Gasteiger partial charge in [0.15, 0.2) is 11.6 Å². The molecule has 3 rings (SSSR count). The van der Waals surface area contributed by atoms with Crippen LogP contribution in [0.4, 0.5) is 14.6 Å². The summed E-state index contributed by atoms with van der Waals surface area (Å²) in [7, 11) is 0. The molecular formula is C14H14ClF2N3O. The van der Waals surface area contributed by atoms with Crippen LogP contribution in [0.2, 0.25) is 5.15 Å². The van der Waals surface area contributed by atoms with Crippen LogP contribution in [0.3, 0.4) is 0 Å². The fourth-order valence-electron chi connectivity index (χ4n) is 2.40. The molecule has 112 valence electrons. The zero-order valence-corrected chi connectivity index (χ0v) is 11.9. The van der Waals surface area contributed by atoms with Crippen molar-refractivity contribution >= 4 is 17.4 Å². The topological polar surface area (TPSA) is 51.0 Å². The average molecular weight is 314 g/mol. The first-order valence-corrected chi connectivity index (χ1v) is 7.12. The van der Waals surface area contributed by atoms with Crippen molar-refractivity contribution in [3.63, 3.8) is 0 Å². The Morgan fingerprint density at radius 3 is 2.71 bits per heavy atom. The van der Waals surface area contributed by atoms with E-state index in [4.69, 9.17) is 16.0 Å². The Kier molecular flexibility index (Phi) is 3.80. The van der Waals surface area contributed by atoms with E-state index in [2.05, 4.69) is 15.3 Å². The molecule has 1 fully saturated rings. The van der Waals surface area contributed by atoms with E-state index in [-0.39, 0.29) is 24.0 Å². The molecule has 0 unspecified atom stereocenters. The Balaban J connectivity index is 1.74. The molecule has 1 aliphatic carbocycles. The number of furan rings is 1. The number of alkyl halides is 2. The lowest BCUT2D eigenvalue weighted by Crippen LogP contribution is -2.32. The normalized spacial score (nSPS) is 18.6. The van der Waals surface area contributed by atoms with Gasteiger partial charge in [-0.05, 0) is 25.0 Å². The number of anilines is 1. The summed E-state index contributed by atoms with van der Waals surface area (Å²) in [6, 6.07) is 5.02. The van der Waals surface area contributed by atoms with Gasteiger partial charge in [0.05, 0.1) is 6.26 Å². The Morgan fingerprint density at radius 2 is 2.05 bits per heavy atom. The summed E-state index contributed by atoms with van der Waals surface area (Å²) < 4.78 is 31.5. The number of hydrogen-bond acceptors (Lipinski definition) is 4. The number of nitrogens with zero attached hydrogens (tertiary/aromatic N) is 2. The van der Waals surface area contributed by atoms with Crippen LogP contribution in [-0.4, -0.2) is 21.9 Å². The van der Waals surface area contributed by atoms with Crippen molar-refractivity contribution in [1.29, 1.82) is 0 Å². The summed E-state index contributed by atoms with van der Waals surface area (Å²) >= 11 is 5.98. The fourth-order valence-corrected chi connectivity index (χ4v) is 2.58. The predicted octanol–water partition coefficient (Wildman–Crippen LogP) is 4.38. The summed E-state index contributed by atoms with van der Waals surface area (Å²) in [5.74, 6) is -1.13. The molecule has 4 nitrogen and oxygen atoms in total. The smallest absolute Gasteiger partial charge is 0.248 e. The van der Waals surface area contributed by atoms with Crippen LogP contribution in [0.1, 0.15) is 25.7 Å². The summed E-state index contributed by atoms with van der Waals surface area (Å²) in [5, 5.41) is 3.43. The SMILES string of the molecule is FC1(F)CCC(Nc2cc(Cl)nc(-c3ccco3)n2)CC1. The largest absolute Gasteiger partial charge is 0.461 e. The molecule has 7 heteroatoms. The average Bonchev–Trinajstić information content (AvgIpc) is 2.95. The molecular weight excluding hydrogens is 300 g/mol. The van der Waals surface area contributed by atoms with E-state index in [0.29, 0.717) is 30.2 Å².